The van der Waals surface area contributed by atoms with Crippen molar-refractivity contribution in [2.24, 2.45) is 0 Å². The van der Waals surface area contributed by atoms with Gasteiger partial charge in [-0.2, -0.15) is 0 Å². The van der Waals surface area contributed by atoms with E-state index in [9.17, 15) is 0 Å². The highest BCUT2D eigenvalue weighted by molar-refractivity contribution is 8.79. The van der Waals surface area contributed by atoms with E-state index in [0.29, 0.717) is 25.0 Å². The van der Waals surface area contributed by atoms with Crippen molar-refractivity contribution in [3.8, 4) is 11.5 Å². The number of fused-ring (bicyclic) bond motifs is 2. The second-order valence-corrected chi connectivity index (χ2v) is 11.4. The Morgan fingerprint density at radius 3 is 1.29 bits per heavy atom. The molecule has 1 aliphatic rings. The molecule has 1 aliphatic heterocycles. The maximum atomic E-state index is 5.98. The molecule has 0 unspecified atom stereocenters. The molecule has 0 aliphatic carbocycles. The SMILES string of the molecule is CCOc1ccc(C(C)C)c2c1SSc1c(OCC)ccc(C(C)C)c1SS2. The monoisotopic (exact) mass is 452 g/mol. The molecule has 28 heavy (non-hydrogen) atoms. The van der Waals surface area contributed by atoms with Crippen molar-refractivity contribution in [3.63, 3.8) is 0 Å². The van der Waals surface area contributed by atoms with E-state index in [-0.39, 0.29) is 0 Å². The van der Waals surface area contributed by atoms with Gasteiger partial charge in [-0.05, 0) is 70.5 Å². The molecule has 0 amide bonds. The molecule has 0 aromatic heterocycles. The van der Waals surface area contributed by atoms with Crippen LogP contribution in [0.4, 0.5) is 0 Å². The molecule has 0 saturated carbocycles. The first-order chi connectivity index (χ1) is 13.5. The van der Waals surface area contributed by atoms with E-state index in [4.69, 9.17) is 9.47 Å². The molecule has 3 rings (SSSR count). The van der Waals surface area contributed by atoms with E-state index in [1.807, 2.05) is 35.4 Å². The Labute approximate surface area is 185 Å². The second-order valence-electron chi connectivity index (χ2n) is 7.13. The van der Waals surface area contributed by atoms with Crippen molar-refractivity contribution in [2.75, 3.05) is 13.2 Å². The highest BCUT2D eigenvalue weighted by atomic mass is 33.1. The van der Waals surface area contributed by atoms with Crippen molar-refractivity contribution >= 4 is 43.2 Å². The maximum absolute atomic E-state index is 5.98. The first-order valence-corrected chi connectivity index (χ1v) is 14.1. The van der Waals surface area contributed by atoms with Crippen LogP contribution in [0, 0.1) is 0 Å². The van der Waals surface area contributed by atoms with Crippen LogP contribution in [0.5, 0.6) is 11.5 Å². The molecule has 0 fully saturated rings. The van der Waals surface area contributed by atoms with Crippen LogP contribution in [0.15, 0.2) is 43.8 Å². The summed E-state index contributed by atoms with van der Waals surface area (Å²) in [5.74, 6) is 2.91. The number of hydrogen-bond acceptors (Lipinski definition) is 6. The molecule has 1 heterocycles. The summed E-state index contributed by atoms with van der Waals surface area (Å²) >= 11 is 0. The van der Waals surface area contributed by atoms with Gasteiger partial charge in [-0.15, -0.1) is 0 Å². The fraction of sp³-hybridized carbons (Fsp3) is 0.455. The summed E-state index contributed by atoms with van der Waals surface area (Å²) in [6.45, 7) is 14.5. The molecule has 0 saturated heterocycles. The highest BCUT2D eigenvalue weighted by Gasteiger charge is 2.26. The minimum atomic E-state index is 0.473. The predicted octanol–water partition coefficient (Wildman–Crippen LogP) is 8.64. The van der Waals surface area contributed by atoms with Crippen LogP contribution in [-0.4, -0.2) is 13.2 Å². The first-order valence-electron chi connectivity index (χ1n) is 9.76. The van der Waals surface area contributed by atoms with Gasteiger partial charge in [0, 0.05) is 9.79 Å². The van der Waals surface area contributed by atoms with Crippen molar-refractivity contribution in [1.29, 1.82) is 0 Å². The Balaban J connectivity index is 2.11. The molecule has 0 radical (unpaired) electrons. The Kier molecular flexibility index (Phi) is 7.88. The predicted molar refractivity (Wildman–Crippen MR) is 127 cm³/mol. The number of benzene rings is 2. The summed E-state index contributed by atoms with van der Waals surface area (Å²) in [7, 11) is 7.33. The summed E-state index contributed by atoms with van der Waals surface area (Å²) in [5.41, 5.74) is 2.78. The lowest BCUT2D eigenvalue weighted by atomic mass is 10.0. The van der Waals surface area contributed by atoms with Gasteiger partial charge in [0.2, 0.25) is 0 Å². The van der Waals surface area contributed by atoms with E-state index in [1.54, 1.807) is 21.6 Å². The van der Waals surface area contributed by atoms with E-state index < -0.39 is 0 Å². The van der Waals surface area contributed by atoms with Crippen LogP contribution in [0.2, 0.25) is 0 Å². The van der Waals surface area contributed by atoms with Gasteiger partial charge in [0.1, 0.15) is 11.5 Å². The quantitative estimate of drug-likeness (QED) is 0.405. The van der Waals surface area contributed by atoms with Gasteiger partial charge in [0.15, 0.2) is 0 Å². The van der Waals surface area contributed by atoms with E-state index >= 15 is 0 Å². The minimum absolute atomic E-state index is 0.473. The zero-order chi connectivity index (χ0) is 20.3. The lowest BCUT2D eigenvalue weighted by Gasteiger charge is -2.24. The molecular formula is C22H28O2S4. The van der Waals surface area contributed by atoms with Crippen molar-refractivity contribution in [2.45, 2.75) is 73.0 Å². The summed E-state index contributed by atoms with van der Waals surface area (Å²) < 4.78 is 12.0. The normalized spacial score (nSPS) is 13.7. The molecule has 2 aromatic rings. The van der Waals surface area contributed by atoms with Crippen molar-refractivity contribution < 1.29 is 9.47 Å². The number of ether oxygens (including phenoxy) is 2. The molecule has 6 heteroatoms. The van der Waals surface area contributed by atoms with Crippen LogP contribution in [0.25, 0.3) is 0 Å². The molecule has 0 N–H and O–H groups in total. The topological polar surface area (TPSA) is 18.5 Å². The van der Waals surface area contributed by atoms with E-state index in [2.05, 4.69) is 52.0 Å². The van der Waals surface area contributed by atoms with Gasteiger partial charge < -0.3 is 9.47 Å². The Bertz CT molecular complexity index is 764. The number of rotatable bonds is 6. The Hall–Kier alpha value is -0.560. The van der Waals surface area contributed by atoms with Crippen LogP contribution >= 0.6 is 43.2 Å². The van der Waals surface area contributed by atoms with Gasteiger partial charge in [-0.3, -0.25) is 0 Å². The Morgan fingerprint density at radius 1 is 0.607 bits per heavy atom. The molecule has 2 nitrogen and oxygen atoms in total. The molecule has 152 valence electrons. The lowest BCUT2D eigenvalue weighted by molar-refractivity contribution is 0.330. The minimum Gasteiger partial charge on any atom is -0.493 e. The molecule has 0 bridgehead atoms. The van der Waals surface area contributed by atoms with Gasteiger partial charge >= 0.3 is 0 Å². The standard InChI is InChI=1S/C22H28O2S4/c1-7-23-17-11-9-15(13(3)4)19-21(17)27-28-22-18(24-8-2)12-10-16(14(5)6)20(22)26-25-19/h9-14H,7-8H2,1-6H3. The van der Waals surface area contributed by atoms with Gasteiger partial charge in [-0.25, -0.2) is 0 Å². The van der Waals surface area contributed by atoms with E-state index in [0.717, 1.165) is 11.5 Å². The smallest absolute Gasteiger partial charge is 0.134 e. The van der Waals surface area contributed by atoms with Crippen molar-refractivity contribution in [3.05, 3.63) is 35.4 Å². The fourth-order valence-electron chi connectivity index (χ4n) is 3.06. The first kappa shape index (κ1) is 22.1. The molecular weight excluding hydrogens is 425 g/mol. The second kappa shape index (κ2) is 9.96. The average molecular weight is 453 g/mol. The third kappa shape index (κ3) is 4.61. The van der Waals surface area contributed by atoms with Crippen LogP contribution < -0.4 is 9.47 Å². The number of hydrogen-bond donors (Lipinski definition) is 0. The van der Waals surface area contributed by atoms with E-state index in [1.165, 1.54) is 30.7 Å². The zero-order valence-electron chi connectivity index (χ0n) is 17.3. The largest absolute Gasteiger partial charge is 0.493 e. The molecule has 0 spiro atoms. The molecule has 2 aromatic carbocycles. The van der Waals surface area contributed by atoms with Gasteiger partial charge in [-0.1, -0.05) is 61.4 Å². The lowest BCUT2D eigenvalue weighted by Crippen LogP contribution is -2.01. The van der Waals surface area contributed by atoms with Crippen LogP contribution in [0.3, 0.4) is 0 Å². The highest BCUT2D eigenvalue weighted by Crippen LogP contribution is 2.60. The summed E-state index contributed by atoms with van der Waals surface area (Å²) in [5, 5.41) is 0. The zero-order valence-corrected chi connectivity index (χ0v) is 20.6. The fourth-order valence-corrected chi connectivity index (χ4v) is 9.56. The van der Waals surface area contributed by atoms with Crippen molar-refractivity contribution in [1.82, 2.24) is 0 Å². The Morgan fingerprint density at radius 2 is 0.964 bits per heavy atom. The summed E-state index contributed by atoms with van der Waals surface area (Å²) in [6.07, 6.45) is 0. The van der Waals surface area contributed by atoms with Gasteiger partial charge in [0.25, 0.3) is 0 Å². The summed E-state index contributed by atoms with van der Waals surface area (Å²) in [4.78, 5) is 5.15. The third-order valence-electron chi connectivity index (χ3n) is 4.47. The third-order valence-corrected chi connectivity index (χ3v) is 9.76. The van der Waals surface area contributed by atoms with Gasteiger partial charge in [0.05, 0.1) is 23.0 Å². The summed E-state index contributed by atoms with van der Waals surface area (Å²) in [6, 6.07) is 8.73. The average Bonchev–Trinajstić information content (AvgIpc) is 2.63. The van der Waals surface area contributed by atoms with Crippen LogP contribution in [0.1, 0.15) is 64.5 Å². The molecule has 0 atom stereocenters. The van der Waals surface area contributed by atoms with Crippen LogP contribution in [-0.2, 0) is 0 Å². The maximum Gasteiger partial charge on any atom is 0.134 e.